The van der Waals surface area contributed by atoms with E-state index in [9.17, 15) is 4.79 Å². The van der Waals surface area contributed by atoms with Gasteiger partial charge in [-0.15, -0.1) is 0 Å². The average molecular weight is 311 g/mol. The van der Waals surface area contributed by atoms with Crippen LogP contribution in [0.2, 0.25) is 0 Å². The zero-order valence-electron chi connectivity index (χ0n) is 14.8. The van der Waals surface area contributed by atoms with Crippen LogP contribution in [0.3, 0.4) is 0 Å². The molecule has 23 heavy (non-hydrogen) atoms. The van der Waals surface area contributed by atoms with Crippen LogP contribution in [-0.2, 0) is 10.2 Å². The summed E-state index contributed by atoms with van der Waals surface area (Å²) in [5, 5.41) is 0. The van der Waals surface area contributed by atoms with Gasteiger partial charge in [-0.1, -0.05) is 29.8 Å². The Balaban J connectivity index is 1.68. The van der Waals surface area contributed by atoms with E-state index in [0.29, 0.717) is 11.3 Å². The molecule has 0 aliphatic heterocycles. The summed E-state index contributed by atoms with van der Waals surface area (Å²) in [6.45, 7) is 2.17. The molecule has 4 bridgehead atoms. The normalized spacial score (nSPS) is 37.9. The SMILES string of the molecule is Cc1ccc(C23CC4CC(CC(CC(=O)N(C)C)(C4)C2)C3)cc1. The van der Waals surface area contributed by atoms with Gasteiger partial charge in [0.1, 0.15) is 0 Å². The summed E-state index contributed by atoms with van der Waals surface area (Å²) in [7, 11) is 3.80. The van der Waals surface area contributed by atoms with Crippen LogP contribution >= 0.6 is 0 Å². The highest BCUT2D eigenvalue weighted by Crippen LogP contribution is 2.66. The maximum Gasteiger partial charge on any atom is 0.222 e. The number of nitrogens with zero attached hydrogens (tertiary/aromatic N) is 1. The molecule has 4 aliphatic carbocycles. The minimum atomic E-state index is 0.274. The highest BCUT2D eigenvalue weighted by atomic mass is 16.2. The van der Waals surface area contributed by atoms with E-state index in [1.807, 2.05) is 14.1 Å². The summed E-state index contributed by atoms with van der Waals surface area (Å²) in [4.78, 5) is 14.2. The molecule has 4 saturated carbocycles. The van der Waals surface area contributed by atoms with E-state index >= 15 is 0 Å². The van der Waals surface area contributed by atoms with Crippen molar-refractivity contribution in [3.05, 3.63) is 35.4 Å². The summed E-state index contributed by atoms with van der Waals surface area (Å²) in [5.41, 5.74) is 3.51. The number of rotatable bonds is 3. The van der Waals surface area contributed by atoms with Gasteiger partial charge in [0.15, 0.2) is 0 Å². The maximum absolute atomic E-state index is 12.4. The summed E-state index contributed by atoms with van der Waals surface area (Å²) in [6, 6.07) is 9.27. The second-order valence-corrected chi connectivity index (χ2v) is 9.07. The van der Waals surface area contributed by atoms with Crippen molar-refractivity contribution in [2.24, 2.45) is 17.3 Å². The molecule has 4 fully saturated rings. The van der Waals surface area contributed by atoms with Gasteiger partial charge in [-0.3, -0.25) is 4.79 Å². The zero-order valence-corrected chi connectivity index (χ0v) is 14.8. The van der Waals surface area contributed by atoms with E-state index in [1.54, 1.807) is 10.5 Å². The molecule has 5 rings (SSSR count). The smallest absolute Gasteiger partial charge is 0.222 e. The molecule has 1 aromatic rings. The fourth-order valence-electron chi connectivity index (χ4n) is 6.38. The highest BCUT2D eigenvalue weighted by molar-refractivity contribution is 5.76. The van der Waals surface area contributed by atoms with Crippen molar-refractivity contribution < 1.29 is 4.79 Å². The highest BCUT2D eigenvalue weighted by Gasteiger charge is 2.58. The lowest BCUT2D eigenvalue weighted by Crippen LogP contribution is -2.55. The molecule has 0 heterocycles. The van der Waals surface area contributed by atoms with Crippen molar-refractivity contribution in [3.8, 4) is 0 Å². The third kappa shape index (κ3) is 2.51. The summed E-state index contributed by atoms with van der Waals surface area (Å²) in [6.07, 6.45) is 8.68. The molecule has 0 radical (unpaired) electrons. The average Bonchev–Trinajstić information content (AvgIpc) is 2.45. The van der Waals surface area contributed by atoms with Gasteiger partial charge < -0.3 is 4.90 Å². The van der Waals surface area contributed by atoms with Crippen molar-refractivity contribution in [1.82, 2.24) is 4.90 Å². The molecule has 0 spiro atoms. The van der Waals surface area contributed by atoms with Gasteiger partial charge in [0, 0.05) is 20.5 Å². The molecule has 1 aromatic carbocycles. The van der Waals surface area contributed by atoms with Gasteiger partial charge in [-0.05, 0) is 73.7 Å². The molecule has 124 valence electrons. The molecular formula is C21H29NO. The van der Waals surface area contributed by atoms with E-state index in [4.69, 9.17) is 0 Å². The lowest BCUT2D eigenvalue weighted by molar-refractivity contribution is -0.138. The Hall–Kier alpha value is -1.31. The van der Waals surface area contributed by atoms with E-state index in [0.717, 1.165) is 18.3 Å². The second kappa shape index (κ2) is 5.09. The zero-order chi connectivity index (χ0) is 16.2. The van der Waals surface area contributed by atoms with Crippen molar-refractivity contribution >= 4 is 5.91 Å². The molecular weight excluding hydrogens is 282 g/mol. The number of carbonyl (C=O) groups is 1. The van der Waals surface area contributed by atoms with Crippen LogP contribution in [0.4, 0.5) is 0 Å². The number of amides is 1. The van der Waals surface area contributed by atoms with Gasteiger partial charge in [0.05, 0.1) is 0 Å². The summed E-state index contributed by atoms with van der Waals surface area (Å²) < 4.78 is 0. The maximum atomic E-state index is 12.4. The molecule has 4 aliphatic rings. The van der Waals surface area contributed by atoms with Crippen LogP contribution in [-0.4, -0.2) is 24.9 Å². The van der Waals surface area contributed by atoms with Crippen molar-refractivity contribution in [2.75, 3.05) is 14.1 Å². The largest absolute Gasteiger partial charge is 0.349 e. The van der Waals surface area contributed by atoms with Crippen LogP contribution < -0.4 is 0 Å². The van der Waals surface area contributed by atoms with Gasteiger partial charge in [-0.2, -0.15) is 0 Å². The Morgan fingerprint density at radius 1 is 1.09 bits per heavy atom. The lowest BCUT2D eigenvalue weighted by atomic mass is 9.42. The van der Waals surface area contributed by atoms with Crippen LogP contribution in [0, 0.1) is 24.2 Å². The first-order valence-corrected chi connectivity index (χ1v) is 9.17. The van der Waals surface area contributed by atoms with E-state index in [1.165, 1.54) is 44.1 Å². The minimum Gasteiger partial charge on any atom is -0.349 e. The monoisotopic (exact) mass is 311 g/mol. The van der Waals surface area contributed by atoms with Gasteiger partial charge >= 0.3 is 0 Å². The Bertz CT molecular complexity index is 601. The Morgan fingerprint density at radius 2 is 1.70 bits per heavy atom. The third-order valence-corrected chi connectivity index (χ3v) is 6.87. The topological polar surface area (TPSA) is 20.3 Å². The van der Waals surface area contributed by atoms with Crippen LogP contribution in [0.1, 0.15) is 56.1 Å². The van der Waals surface area contributed by atoms with E-state index in [2.05, 4.69) is 31.2 Å². The standard InChI is InChI=1S/C21H29NO/c1-15-4-6-18(7-5-15)21-11-16-8-17(12-21)10-20(9-16,14-21)13-19(23)22(2)3/h4-7,16-17H,8-14H2,1-3H3. The number of hydrogen-bond acceptors (Lipinski definition) is 1. The molecule has 0 N–H and O–H groups in total. The Labute approximate surface area is 140 Å². The van der Waals surface area contributed by atoms with Gasteiger partial charge in [0.2, 0.25) is 5.91 Å². The van der Waals surface area contributed by atoms with Crippen LogP contribution in [0.25, 0.3) is 0 Å². The number of aryl methyl sites for hydroxylation is 1. The number of benzene rings is 1. The third-order valence-electron chi connectivity index (χ3n) is 6.87. The first-order chi connectivity index (χ1) is 10.9. The minimum absolute atomic E-state index is 0.274. The summed E-state index contributed by atoms with van der Waals surface area (Å²) in [5.74, 6) is 2.01. The van der Waals surface area contributed by atoms with Gasteiger partial charge in [-0.25, -0.2) is 0 Å². The first-order valence-electron chi connectivity index (χ1n) is 9.17. The second-order valence-electron chi connectivity index (χ2n) is 9.07. The molecule has 2 heteroatoms. The fourth-order valence-corrected chi connectivity index (χ4v) is 6.38. The molecule has 2 unspecified atom stereocenters. The Morgan fingerprint density at radius 3 is 2.26 bits per heavy atom. The fraction of sp³-hybridized carbons (Fsp3) is 0.667. The van der Waals surface area contributed by atoms with E-state index < -0.39 is 0 Å². The molecule has 0 aromatic heterocycles. The molecule has 2 nitrogen and oxygen atoms in total. The predicted molar refractivity (Wildman–Crippen MR) is 93.3 cm³/mol. The van der Waals surface area contributed by atoms with Crippen molar-refractivity contribution in [3.63, 3.8) is 0 Å². The van der Waals surface area contributed by atoms with Crippen LogP contribution in [0.5, 0.6) is 0 Å². The molecule has 1 amide bonds. The van der Waals surface area contributed by atoms with Gasteiger partial charge in [0.25, 0.3) is 0 Å². The number of carbonyl (C=O) groups excluding carboxylic acids is 1. The first kappa shape index (κ1) is 15.2. The van der Waals surface area contributed by atoms with Crippen molar-refractivity contribution in [1.29, 1.82) is 0 Å². The molecule has 0 saturated heterocycles. The van der Waals surface area contributed by atoms with E-state index in [-0.39, 0.29) is 5.41 Å². The molecule has 2 atom stereocenters. The lowest BCUT2D eigenvalue weighted by Gasteiger charge is -2.62. The predicted octanol–water partition coefficient (Wildman–Crippen LogP) is 4.31. The number of hydrogen-bond donors (Lipinski definition) is 0. The quantitative estimate of drug-likeness (QED) is 0.814. The van der Waals surface area contributed by atoms with Crippen LogP contribution in [0.15, 0.2) is 24.3 Å². The van der Waals surface area contributed by atoms with Crippen molar-refractivity contribution in [2.45, 2.75) is 57.3 Å². The Kier molecular flexibility index (Phi) is 3.37. The summed E-state index contributed by atoms with van der Waals surface area (Å²) >= 11 is 0.